The Hall–Kier alpha value is -2.59. The minimum Gasteiger partial charge on any atom is -0.497 e. The summed E-state index contributed by atoms with van der Waals surface area (Å²) in [7, 11) is -1.28. The zero-order valence-corrected chi connectivity index (χ0v) is 15.2. The van der Waals surface area contributed by atoms with Crippen molar-refractivity contribution in [1.29, 1.82) is 0 Å². The number of sulfonamides is 1. The molecule has 0 aliphatic heterocycles. The number of amides is 1. The number of nitrogens with zero attached hydrogens (tertiary/aromatic N) is 2. The number of aromatic nitrogens is 2. The molecule has 1 amide bonds. The van der Waals surface area contributed by atoms with Crippen molar-refractivity contribution in [3.63, 3.8) is 0 Å². The number of carbonyl (C=O) groups excluding carboxylic acids is 1. The van der Waals surface area contributed by atoms with Crippen molar-refractivity contribution in [2.45, 2.75) is 25.3 Å². The second-order valence-corrected chi connectivity index (χ2v) is 6.91. The third-order valence-corrected chi connectivity index (χ3v) is 4.65. The van der Waals surface area contributed by atoms with Crippen LogP contribution in [0.1, 0.15) is 11.4 Å². The molecule has 25 heavy (non-hydrogen) atoms. The van der Waals surface area contributed by atoms with Crippen molar-refractivity contribution < 1.29 is 22.7 Å². The molecule has 2 aromatic rings. The lowest BCUT2D eigenvalue weighted by Gasteiger charge is -2.13. The van der Waals surface area contributed by atoms with Gasteiger partial charge < -0.3 is 9.47 Å². The van der Waals surface area contributed by atoms with Crippen molar-refractivity contribution >= 4 is 15.9 Å². The van der Waals surface area contributed by atoms with Gasteiger partial charge in [-0.15, -0.1) is 4.83 Å². The molecule has 1 heterocycles. The van der Waals surface area contributed by atoms with Gasteiger partial charge in [0.1, 0.15) is 22.9 Å². The Labute approximate surface area is 146 Å². The van der Waals surface area contributed by atoms with Crippen LogP contribution in [0.5, 0.6) is 11.5 Å². The van der Waals surface area contributed by atoms with Gasteiger partial charge in [-0.05, 0) is 32.0 Å². The van der Waals surface area contributed by atoms with Crippen LogP contribution >= 0.6 is 0 Å². The van der Waals surface area contributed by atoms with Crippen LogP contribution in [-0.2, 0) is 21.4 Å². The molecule has 2 N–H and O–H groups in total. The average Bonchev–Trinajstić information content (AvgIpc) is 2.89. The molecule has 9 nitrogen and oxygen atoms in total. The zero-order valence-electron chi connectivity index (χ0n) is 14.4. The van der Waals surface area contributed by atoms with Crippen LogP contribution in [0.25, 0.3) is 0 Å². The van der Waals surface area contributed by atoms with E-state index < -0.39 is 15.9 Å². The van der Waals surface area contributed by atoms with Gasteiger partial charge in [0.05, 0.1) is 19.9 Å². The van der Waals surface area contributed by atoms with Gasteiger partial charge in [0.25, 0.3) is 15.9 Å². The third kappa shape index (κ3) is 4.48. The van der Waals surface area contributed by atoms with Crippen LogP contribution in [0.15, 0.2) is 29.2 Å². The number of benzene rings is 1. The molecular formula is C15H20N4O5S. The van der Waals surface area contributed by atoms with Crippen LogP contribution < -0.4 is 19.7 Å². The third-order valence-electron chi connectivity index (χ3n) is 3.38. The summed E-state index contributed by atoms with van der Waals surface area (Å²) in [6.45, 7) is 3.50. The van der Waals surface area contributed by atoms with E-state index in [1.807, 2.05) is 10.9 Å². The minimum atomic E-state index is -4.04. The van der Waals surface area contributed by atoms with Gasteiger partial charge in [-0.3, -0.25) is 14.9 Å². The summed E-state index contributed by atoms with van der Waals surface area (Å²) in [4.78, 5) is 13.9. The lowest BCUT2D eigenvalue weighted by Crippen LogP contribution is -2.43. The first-order chi connectivity index (χ1) is 11.8. The van der Waals surface area contributed by atoms with Gasteiger partial charge in [-0.2, -0.15) is 5.10 Å². The van der Waals surface area contributed by atoms with E-state index in [1.165, 1.54) is 31.0 Å². The van der Waals surface area contributed by atoms with Crippen molar-refractivity contribution in [1.82, 2.24) is 20.0 Å². The highest BCUT2D eigenvalue weighted by Gasteiger charge is 2.21. The first-order valence-corrected chi connectivity index (χ1v) is 8.79. The van der Waals surface area contributed by atoms with Crippen molar-refractivity contribution in [3.05, 3.63) is 35.7 Å². The van der Waals surface area contributed by atoms with E-state index in [4.69, 9.17) is 9.47 Å². The van der Waals surface area contributed by atoms with Crippen molar-refractivity contribution in [3.8, 4) is 11.5 Å². The fourth-order valence-corrected chi connectivity index (χ4v) is 3.23. The Kier molecular flexibility index (Phi) is 5.65. The number of hydrogen-bond donors (Lipinski definition) is 2. The molecular weight excluding hydrogens is 348 g/mol. The molecule has 0 saturated heterocycles. The maximum Gasteiger partial charge on any atom is 0.261 e. The number of nitrogens with one attached hydrogen (secondary N) is 2. The summed E-state index contributed by atoms with van der Waals surface area (Å²) >= 11 is 0. The van der Waals surface area contributed by atoms with E-state index in [0.29, 0.717) is 5.75 Å². The van der Waals surface area contributed by atoms with Crippen molar-refractivity contribution in [2.24, 2.45) is 0 Å². The smallest absolute Gasteiger partial charge is 0.261 e. The normalized spacial score (nSPS) is 11.2. The van der Waals surface area contributed by atoms with E-state index in [1.54, 1.807) is 19.9 Å². The molecule has 2 rings (SSSR count). The standard InChI is InChI=1S/C15H20N4O5S/c1-10-7-11(2)19(17-10)9-15(20)16-18-25(21,22)14-8-12(23-3)5-6-13(14)24-4/h5-8,18H,9H2,1-4H3,(H,16,20). The molecule has 0 atom stereocenters. The summed E-state index contributed by atoms with van der Waals surface area (Å²) in [6, 6.07) is 6.15. The number of hydrazine groups is 1. The SMILES string of the molecule is COc1ccc(OC)c(S(=O)(=O)NNC(=O)Cn2nc(C)cc2C)c1. The number of carbonyl (C=O) groups is 1. The molecule has 1 aromatic carbocycles. The van der Waals surface area contributed by atoms with E-state index in [0.717, 1.165) is 11.4 Å². The number of methoxy groups -OCH3 is 2. The second kappa shape index (κ2) is 7.53. The number of rotatable bonds is 7. The van der Waals surface area contributed by atoms with Crippen molar-refractivity contribution in [2.75, 3.05) is 14.2 Å². The maximum atomic E-state index is 12.4. The van der Waals surface area contributed by atoms with Gasteiger partial charge in [0.15, 0.2) is 0 Å². The average molecular weight is 368 g/mol. The number of hydrogen-bond acceptors (Lipinski definition) is 6. The van der Waals surface area contributed by atoms with E-state index in [9.17, 15) is 13.2 Å². The second-order valence-electron chi connectivity index (χ2n) is 5.26. The Morgan fingerprint density at radius 2 is 1.92 bits per heavy atom. The molecule has 0 saturated carbocycles. The predicted octanol–water partition coefficient (Wildman–Crippen LogP) is 0.527. The summed E-state index contributed by atoms with van der Waals surface area (Å²) in [5.41, 5.74) is 3.73. The van der Waals surface area contributed by atoms with Crippen LogP contribution in [0.4, 0.5) is 0 Å². The lowest BCUT2D eigenvalue weighted by atomic mass is 10.3. The Morgan fingerprint density at radius 3 is 2.48 bits per heavy atom. The minimum absolute atomic E-state index is 0.114. The number of ether oxygens (including phenoxy) is 2. The van der Waals surface area contributed by atoms with Crippen LogP contribution in [0.3, 0.4) is 0 Å². The fraction of sp³-hybridized carbons (Fsp3) is 0.333. The Bertz CT molecular complexity index is 876. The highest BCUT2D eigenvalue weighted by atomic mass is 32.2. The Morgan fingerprint density at radius 1 is 1.20 bits per heavy atom. The largest absolute Gasteiger partial charge is 0.497 e. The van der Waals surface area contributed by atoms with Gasteiger partial charge in [-0.1, -0.05) is 0 Å². The first kappa shape index (κ1) is 18.7. The van der Waals surface area contributed by atoms with Crippen LogP contribution in [0, 0.1) is 13.8 Å². The molecule has 0 aliphatic carbocycles. The van der Waals surface area contributed by atoms with Crippen LogP contribution in [0.2, 0.25) is 0 Å². The molecule has 0 bridgehead atoms. The predicted molar refractivity (Wildman–Crippen MR) is 89.7 cm³/mol. The number of aryl methyl sites for hydroxylation is 2. The maximum absolute atomic E-state index is 12.4. The summed E-state index contributed by atoms with van der Waals surface area (Å²) < 4.78 is 36.4. The molecule has 136 valence electrons. The summed E-state index contributed by atoms with van der Waals surface area (Å²) in [5, 5.41) is 4.14. The highest BCUT2D eigenvalue weighted by Crippen LogP contribution is 2.27. The zero-order chi connectivity index (χ0) is 18.6. The summed E-state index contributed by atoms with van der Waals surface area (Å²) in [6.07, 6.45) is 0. The van der Waals surface area contributed by atoms with Gasteiger partial charge in [0.2, 0.25) is 0 Å². The fourth-order valence-electron chi connectivity index (χ4n) is 2.18. The van der Waals surface area contributed by atoms with E-state index in [2.05, 4.69) is 10.5 Å². The molecule has 0 spiro atoms. The van der Waals surface area contributed by atoms with Gasteiger partial charge >= 0.3 is 0 Å². The molecule has 1 aromatic heterocycles. The quantitative estimate of drug-likeness (QED) is 0.690. The van der Waals surface area contributed by atoms with Gasteiger partial charge in [0, 0.05) is 11.8 Å². The lowest BCUT2D eigenvalue weighted by molar-refractivity contribution is -0.122. The van der Waals surface area contributed by atoms with Gasteiger partial charge in [-0.25, -0.2) is 8.42 Å². The molecule has 0 unspecified atom stereocenters. The van der Waals surface area contributed by atoms with E-state index >= 15 is 0 Å². The molecule has 10 heteroatoms. The van der Waals surface area contributed by atoms with Crippen LogP contribution in [-0.4, -0.2) is 38.3 Å². The molecule has 0 radical (unpaired) electrons. The van der Waals surface area contributed by atoms with E-state index in [-0.39, 0.29) is 17.2 Å². The first-order valence-electron chi connectivity index (χ1n) is 7.30. The Balaban J connectivity index is 2.11. The molecule has 0 fully saturated rings. The topological polar surface area (TPSA) is 112 Å². The summed E-state index contributed by atoms with van der Waals surface area (Å²) in [5.74, 6) is -0.0899. The highest BCUT2D eigenvalue weighted by molar-refractivity contribution is 7.89. The monoisotopic (exact) mass is 368 g/mol. The molecule has 0 aliphatic rings.